The molecule has 1 N–H and O–H groups in total. The molecule has 0 aromatic heterocycles. The number of ether oxygens (including phenoxy) is 1. The van der Waals surface area contributed by atoms with Gasteiger partial charge in [0.1, 0.15) is 6.10 Å². The summed E-state index contributed by atoms with van der Waals surface area (Å²) in [7, 11) is 0. The predicted octanol–water partition coefficient (Wildman–Crippen LogP) is 2.73. The Balaban J connectivity index is 1.92. The minimum Gasteiger partial charge on any atom is -0.451 e. The number of benzene rings is 2. The quantitative estimate of drug-likeness (QED) is 0.671. The van der Waals surface area contributed by atoms with Gasteiger partial charge in [0.25, 0.3) is 0 Å². The topological polar surface area (TPSA) is 46.5 Å². The first-order chi connectivity index (χ1) is 9.75. The van der Waals surface area contributed by atoms with Crippen molar-refractivity contribution in [3.63, 3.8) is 0 Å². The first-order valence-corrected chi connectivity index (χ1v) is 6.46. The molecule has 3 heteroatoms. The molecule has 3 nitrogen and oxygen atoms in total. The number of hydrogen-bond donors (Lipinski definition) is 1. The fourth-order valence-electron chi connectivity index (χ4n) is 2.30. The SMILES string of the molecule is O=C1O[C@H](c2ccccc2)[C@H](O)/C1=C\c1ccccc1. The minimum atomic E-state index is -0.940. The zero-order chi connectivity index (χ0) is 13.9. The second-order valence-corrected chi connectivity index (χ2v) is 4.69. The van der Waals surface area contributed by atoms with Crippen molar-refractivity contribution in [1.29, 1.82) is 0 Å². The highest BCUT2D eigenvalue weighted by Crippen LogP contribution is 2.34. The zero-order valence-electron chi connectivity index (χ0n) is 10.8. The molecule has 2 aromatic rings. The molecule has 0 spiro atoms. The van der Waals surface area contributed by atoms with E-state index in [0.29, 0.717) is 5.57 Å². The van der Waals surface area contributed by atoms with Crippen LogP contribution in [0.25, 0.3) is 6.08 Å². The Kier molecular flexibility index (Phi) is 3.35. The van der Waals surface area contributed by atoms with Gasteiger partial charge in [-0.1, -0.05) is 60.7 Å². The Morgan fingerprint density at radius 2 is 1.55 bits per heavy atom. The van der Waals surface area contributed by atoms with Gasteiger partial charge in [0.15, 0.2) is 6.10 Å². The van der Waals surface area contributed by atoms with Gasteiger partial charge in [-0.3, -0.25) is 0 Å². The molecule has 0 bridgehead atoms. The second-order valence-electron chi connectivity index (χ2n) is 4.69. The summed E-state index contributed by atoms with van der Waals surface area (Å²) >= 11 is 0. The molecule has 0 radical (unpaired) electrons. The number of aliphatic hydroxyl groups is 1. The lowest BCUT2D eigenvalue weighted by Gasteiger charge is -2.12. The summed E-state index contributed by atoms with van der Waals surface area (Å²) in [5.41, 5.74) is 1.96. The van der Waals surface area contributed by atoms with Crippen molar-refractivity contribution in [2.24, 2.45) is 0 Å². The van der Waals surface area contributed by atoms with Gasteiger partial charge in [-0.25, -0.2) is 4.79 Å². The number of aliphatic hydroxyl groups excluding tert-OH is 1. The highest BCUT2D eigenvalue weighted by molar-refractivity contribution is 5.97. The Morgan fingerprint density at radius 3 is 2.20 bits per heavy atom. The van der Waals surface area contributed by atoms with E-state index in [1.807, 2.05) is 60.7 Å². The van der Waals surface area contributed by atoms with E-state index >= 15 is 0 Å². The zero-order valence-corrected chi connectivity index (χ0v) is 10.8. The summed E-state index contributed by atoms with van der Waals surface area (Å²) < 4.78 is 5.29. The van der Waals surface area contributed by atoms with Crippen LogP contribution in [0.15, 0.2) is 66.2 Å². The van der Waals surface area contributed by atoms with E-state index in [2.05, 4.69) is 0 Å². The van der Waals surface area contributed by atoms with Crippen LogP contribution in [-0.4, -0.2) is 17.2 Å². The van der Waals surface area contributed by atoms with Crippen molar-refractivity contribution < 1.29 is 14.6 Å². The molecular formula is C17H14O3. The van der Waals surface area contributed by atoms with Crippen molar-refractivity contribution in [1.82, 2.24) is 0 Å². The van der Waals surface area contributed by atoms with Crippen molar-refractivity contribution in [2.75, 3.05) is 0 Å². The minimum absolute atomic E-state index is 0.296. The Labute approximate surface area is 117 Å². The molecule has 0 unspecified atom stereocenters. The van der Waals surface area contributed by atoms with E-state index < -0.39 is 18.2 Å². The van der Waals surface area contributed by atoms with Crippen molar-refractivity contribution in [3.8, 4) is 0 Å². The molecule has 2 atom stereocenters. The molecule has 1 saturated heterocycles. The fourth-order valence-corrected chi connectivity index (χ4v) is 2.30. The van der Waals surface area contributed by atoms with Gasteiger partial charge in [-0.2, -0.15) is 0 Å². The van der Waals surface area contributed by atoms with Gasteiger partial charge in [-0.05, 0) is 17.2 Å². The monoisotopic (exact) mass is 266 g/mol. The lowest BCUT2D eigenvalue weighted by Crippen LogP contribution is -2.14. The van der Waals surface area contributed by atoms with E-state index in [0.717, 1.165) is 11.1 Å². The molecule has 1 heterocycles. The molecule has 0 saturated carbocycles. The van der Waals surface area contributed by atoms with Crippen LogP contribution in [0, 0.1) is 0 Å². The van der Waals surface area contributed by atoms with Gasteiger partial charge in [-0.15, -0.1) is 0 Å². The van der Waals surface area contributed by atoms with Gasteiger partial charge < -0.3 is 9.84 Å². The number of carbonyl (C=O) groups is 1. The summed E-state index contributed by atoms with van der Waals surface area (Å²) in [6.45, 7) is 0. The highest BCUT2D eigenvalue weighted by atomic mass is 16.6. The standard InChI is InChI=1S/C17H14O3/c18-15-14(11-12-7-3-1-4-8-12)17(19)20-16(15)13-9-5-2-6-10-13/h1-11,15-16,18H/b14-11+/t15-,16-/m1/s1. The molecule has 1 fully saturated rings. The van der Waals surface area contributed by atoms with Crippen molar-refractivity contribution >= 4 is 12.0 Å². The smallest absolute Gasteiger partial charge is 0.337 e. The molecule has 100 valence electrons. The average Bonchev–Trinajstić information content (AvgIpc) is 2.77. The highest BCUT2D eigenvalue weighted by Gasteiger charge is 2.39. The molecule has 1 aliphatic rings. The normalized spacial score (nSPS) is 23.9. The first kappa shape index (κ1) is 12.6. The van der Waals surface area contributed by atoms with Crippen LogP contribution >= 0.6 is 0 Å². The third kappa shape index (κ3) is 2.36. The van der Waals surface area contributed by atoms with Gasteiger partial charge in [0.2, 0.25) is 0 Å². The number of rotatable bonds is 2. The van der Waals surface area contributed by atoms with E-state index in [1.54, 1.807) is 6.08 Å². The Morgan fingerprint density at radius 1 is 0.950 bits per heavy atom. The number of hydrogen-bond acceptors (Lipinski definition) is 3. The lowest BCUT2D eigenvalue weighted by molar-refractivity contribution is -0.139. The van der Waals surface area contributed by atoms with E-state index in [4.69, 9.17) is 4.74 Å². The summed E-state index contributed by atoms with van der Waals surface area (Å²) in [6.07, 6.45) is 0.111. The molecule has 0 amide bonds. The lowest BCUT2D eigenvalue weighted by atomic mass is 9.99. The van der Waals surface area contributed by atoms with Crippen LogP contribution in [0.2, 0.25) is 0 Å². The molecule has 0 aliphatic carbocycles. The molecule has 20 heavy (non-hydrogen) atoms. The van der Waals surface area contributed by atoms with Crippen molar-refractivity contribution in [3.05, 3.63) is 77.4 Å². The van der Waals surface area contributed by atoms with Gasteiger partial charge >= 0.3 is 5.97 Å². The molecule has 2 aromatic carbocycles. The van der Waals surface area contributed by atoms with Crippen LogP contribution in [0.1, 0.15) is 17.2 Å². The molecular weight excluding hydrogens is 252 g/mol. The maximum Gasteiger partial charge on any atom is 0.337 e. The number of esters is 1. The largest absolute Gasteiger partial charge is 0.451 e. The summed E-state index contributed by atoms with van der Waals surface area (Å²) in [6, 6.07) is 18.7. The fraction of sp³-hybridized carbons (Fsp3) is 0.118. The Hall–Kier alpha value is -2.39. The van der Waals surface area contributed by atoms with Gasteiger partial charge in [0, 0.05) is 0 Å². The van der Waals surface area contributed by atoms with Gasteiger partial charge in [0.05, 0.1) is 5.57 Å². The van der Waals surface area contributed by atoms with Crippen LogP contribution in [0.5, 0.6) is 0 Å². The average molecular weight is 266 g/mol. The van der Waals surface area contributed by atoms with Crippen LogP contribution in [0.4, 0.5) is 0 Å². The summed E-state index contributed by atoms with van der Waals surface area (Å²) in [5, 5.41) is 10.3. The third-order valence-corrected chi connectivity index (χ3v) is 3.32. The summed E-state index contributed by atoms with van der Waals surface area (Å²) in [4.78, 5) is 11.9. The second kappa shape index (κ2) is 5.31. The summed E-state index contributed by atoms with van der Waals surface area (Å²) in [5.74, 6) is -0.463. The number of carbonyl (C=O) groups excluding carboxylic acids is 1. The predicted molar refractivity (Wildman–Crippen MR) is 75.7 cm³/mol. The molecule has 1 aliphatic heterocycles. The van der Waals surface area contributed by atoms with Crippen molar-refractivity contribution in [2.45, 2.75) is 12.2 Å². The Bertz CT molecular complexity index is 632. The van der Waals surface area contributed by atoms with E-state index in [1.165, 1.54) is 0 Å². The van der Waals surface area contributed by atoms with Crippen LogP contribution in [0.3, 0.4) is 0 Å². The van der Waals surface area contributed by atoms with E-state index in [9.17, 15) is 9.90 Å². The van der Waals surface area contributed by atoms with E-state index in [-0.39, 0.29) is 0 Å². The van der Waals surface area contributed by atoms with Crippen LogP contribution in [-0.2, 0) is 9.53 Å². The maximum absolute atomic E-state index is 11.9. The maximum atomic E-state index is 11.9. The molecule has 3 rings (SSSR count). The first-order valence-electron chi connectivity index (χ1n) is 6.46. The third-order valence-electron chi connectivity index (χ3n) is 3.32. The van der Waals surface area contributed by atoms with Crippen LogP contribution < -0.4 is 0 Å². The number of cyclic esters (lactones) is 1.